The highest BCUT2D eigenvalue weighted by Crippen LogP contribution is 2.14. The Labute approximate surface area is 369 Å². The maximum atomic E-state index is 12.7. The fraction of sp³-hybridized carbons (Fsp3) is 0.685. The summed E-state index contributed by atoms with van der Waals surface area (Å²) in [6.07, 6.45) is 61.3. The summed E-state index contributed by atoms with van der Waals surface area (Å²) in [5, 5.41) is 0. The predicted octanol–water partition coefficient (Wildman–Crippen LogP) is 16.0. The maximum absolute atomic E-state index is 12.7. The molecule has 0 amide bonds. The molecular weight excluding hydrogens is 745 g/mol. The molecular formula is C54H90O6. The summed E-state index contributed by atoms with van der Waals surface area (Å²) in [7, 11) is 0. The number of carbonyl (C=O) groups is 3. The lowest BCUT2D eigenvalue weighted by atomic mass is 10.0. The van der Waals surface area contributed by atoms with E-state index in [4.69, 9.17) is 14.2 Å². The van der Waals surface area contributed by atoms with Gasteiger partial charge in [-0.1, -0.05) is 215 Å². The highest BCUT2D eigenvalue weighted by Gasteiger charge is 2.19. The van der Waals surface area contributed by atoms with Crippen LogP contribution in [0.4, 0.5) is 0 Å². The molecule has 0 rings (SSSR count). The minimum absolute atomic E-state index is 0.0960. The molecule has 0 spiro atoms. The number of hydrogen-bond donors (Lipinski definition) is 0. The Morgan fingerprint density at radius 1 is 0.367 bits per heavy atom. The van der Waals surface area contributed by atoms with Crippen LogP contribution in [0.25, 0.3) is 0 Å². The van der Waals surface area contributed by atoms with Gasteiger partial charge in [0.25, 0.3) is 0 Å². The summed E-state index contributed by atoms with van der Waals surface area (Å²) in [6, 6.07) is 0. The molecule has 1 atom stereocenters. The summed E-state index contributed by atoms with van der Waals surface area (Å²) in [5.74, 6) is -0.951. The Balaban J connectivity index is 4.45. The van der Waals surface area contributed by atoms with E-state index in [0.717, 1.165) is 89.9 Å². The van der Waals surface area contributed by atoms with Crippen molar-refractivity contribution in [1.29, 1.82) is 0 Å². The Morgan fingerprint density at radius 3 is 1.23 bits per heavy atom. The average molecular weight is 835 g/mol. The van der Waals surface area contributed by atoms with Crippen molar-refractivity contribution in [2.45, 2.75) is 226 Å². The molecule has 0 saturated carbocycles. The normalized spacial score (nSPS) is 12.8. The quantitative estimate of drug-likeness (QED) is 0.0200. The molecule has 6 nitrogen and oxygen atoms in total. The third kappa shape index (κ3) is 45.7. The van der Waals surface area contributed by atoms with Crippen molar-refractivity contribution in [2.24, 2.45) is 0 Å². The Kier molecular flexibility index (Phi) is 45.5. The number of allylic oxidation sites excluding steroid dienone is 14. The van der Waals surface area contributed by atoms with Gasteiger partial charge in [-0.05, 0) is 70.6 Å². The van der Waals surface area contributed by atoms with Gasteiger partial charge in [-0.2, -0.15) is 0 Å². The number of unbranched alkanes of at least 4 members (excludes halogenated alkanes) is 21. The van der Waals surface area contributed by atoms with Gasteiger partial charge in [0, 0.05) is 19.3 Å². The van der Waals surface area contributed by atoms with Crippen LogP contribution in [0.5, 0.6) is 0 Å². The lowest BCUT2D eigenvalue weighted by molar-refractivity contribution is -0.167. The highest BCUT2D eigenvalue weighted by molar-refractivity contribution is 5.71. The summed E-state index contributed by atoms with van der Waals surface area (Å²) in [5.41, 5.74) is 0. The number of ether oxygens (including phenoxy) is 3. The SMILES string of the molecule is CC/C=C/C=C/C=C/C=C/CCCCCC(=O)OC(COC(=O)CCCCCCCC/C=C/C/C=C/C/C=C/CC)COC(=O)CCCCCCCCCCCCCCC. The van der Waals surface area contributed by atoms with Gasteiger partial charge in [0.2, 0.25) is 0 Å². The van der Waals surface area contributed by atoms with E-state index in [0.29, 0.717) is 19.3 Å². The molecule has 0 aromatic carbocycles. The van der Waals surface area contributed by atoms with Crippen LogP contribution in [0.2, 0.25) is 0 Å². The van der Waals surface area contributed by atoms with Gasteiger partial charge in [-0.3, -0.25) is 14.4 Å². The van der Waals surface area contributed by atoms with E-state index in [9.17, 15) is 14.4 Å². The number of esters is 3. The molecule has 0 aliphatic heterocycles. The topological polar surface area (TPSA) is 78.9 Å². The first-order chi connectivity index (χ1) is 29.5. The minimum atomic E-state index is -0.800. The monoisotopic (exact) mass is 835 g/mol. The standard InChI is InChI=1S/C54H90O6/c1-4-7-10-13-16-19-22-25-26-27-30-32-35-38-41-44-47-53(56)59-50-51(60-54(57)48-45-42-39-36-33-29-24-21-18-15-12-9-6-3)49-58-52(55)46-43-40-37-34-31-28-23-20-17-14-11-8-5-2/h7,9-10,12,15-16,18-19,21,24-26,29,33,51H,4-6,8,11,13-14,17,20,22-23,27-28,30-32,34-50H2,1-3H3/b10-7+,12-9+,18-15+,19-16+,24-21+,26-25+,33-29+. The van der Waals surface area contributed by atoms with Crippen molar-refractivity contribution < 1.29 is 28.6 Å². The van der Waals surface area contributed by atoms with Crippen LogP contribution in [0.15, 0.2) is 85.1 Å². The van der Waals surface area contributed by atoms with Crippen LogP contribution in [0, 0.1) is 0 Å². The lowest BCUT2D eigenvalue weighted by Crippen LogP contribution is -2.30. The molecule has 6 heteroatoms. The van der Waals surface area contributed by atoms with Gasteiger partial charge in [0.1, 0.15) is 13.2 Å². The van der Waals surface area contributed by atoms with Crippen molar-refractivity contribution in [3.8, 4) is 0 Å². The molecule has 0 aromatic rings. The van der Waals surface area contributed by atoms with E-state index < -0.39 is 6.10 Å². The molecule has 0 aliphatic rings. The lowest BCUT2D eigenvalue weighted by Gasteiger charge is -2.18. The average Bonchev–Trinajstić information content (AvgIpc) is 3.24. The molecule has 60 heavy (non-hydrogen) atoms. The van der Waals surface area contributed by atoms with Gasteiger partial charge in [-0.25, -0.2) is 0 Å². The zero-order valence-electron chi connectivity index (χ0n) is 38.9. The highest BCUT2D eigenvalue weighted by atomic mass is 16.6. The van der Waals surface area contributed by atoms with Crippen LogP contribution in [-0.2, 0) is 28.6 Å². The second-order valence-corrected chi connectivity index (χ2v) is 16.1. The van der Waals surface area contributed by atoms with E-state index in [2.05, 4.69) is 69.4 Å². The zero-order valence-corrected chi connectivity index (χ0v) is 38.9. The summed E-state index contributed by atoms with van der Waals surface area (Å²) >= 11 is 0. The minimum Gasteiger partial charge on any atom is -0.462 e. The molecule has 342 valence electrons. The van der Waals surface area contributed by atoms with Gasteiger partial charge in [-0.15, -0.1) is 0 Å². The first kappa shape index (κ1) is 56.6. The molecule has 0 heterocycles. The van der Waals surface area contributed by atoms with Crippen LogP contribution >= 0.6 is 0 Å². The van der Waals surface area contributed by atoms with Crippen molar-refractivity contribution in [3.05, 3.63) is 85.1 Å². The van der Waals surface area contributed by atoms with Gasteiger partial charge in [0.05, 0.1) is 0 Å². The molecule has 0 saturated heterocycles. The van der Waals surface area contributed by atoms with Crippen molar-refractivity contribution in [2.75, 3.05) is 13.2 Å². The van der Waals surface area contributed by atoms with Crippen molar-refractivity contribution in [3.63, 3.8) is 0 Å². The van der Waals surface area contributed by atoms with Crippen molar-refractivity contribution >= 4 is 17.9 Å². The summed E-state index contributed by atoms with van der Waals surface area (Å²) < 4.78 is 16.7. The maximum Gasteiger partial charge on any atom is 0.306 e. The van der Waals surface area contributed by atoms with Crippen LogP contribution < -0.4 is 0 Å². The molecule has 1 unspecified atom stereocenters. The Hall–Kier alpha value is -3.41. The largest absolute Gasteiger partial charge is 0.462 e. The Morgan fingerprint density at radius 2 is 0.733 bits per heavy atom. The van der Waals surface area contributed by atoms with Crippen LogP contribution in [-0.4, -0.2) is 37.2 Å². The van der Waals surface area contributed by atoms with Gasteiger partial charge >= 0.3 is 17.9 Å². The predicted molar refractivity (Wildman–Crippen MR) is 256 cm³/mol. The second-order valence-electron chi connectivity index (χ2n) is 16.1. The first-order valence-electron chi connectivity index (χ1n) is 24.6. The molecule has 0 radical (unpaired) electrons. The molecule has 0 bridgehead atoms. The second kappa shape index (κ2) is 48.3. The van der Waals surface area contributed by atoms with Gasteiger partial charge in [0.15, 0.2) is 6.10 Å². The van der Waals surface area contributed by atoms with E-state index in [1.54, 1.807) is 0 Å². The zero-order chi connectivity index (χ0) is 43.7. The number of carbonyl (C=O) groups excluding carboxylic acids is 3. The van der Waals surface area contributed by atoms with Gasteiger partial charge < -0.3 is 14.2 Å². The third-order valence-electron chi connectivity index (χ3n) is 10.2. The van der Waals surface area contributed by atoms with E-state index in [-0.39, 0.29) is 37.5 Å². The number of rotatable bonds is 43. The third-order valence-corrected chi connectivity index (χ3v) is 10.2. The van der Waals surface area contributed by atoms with E-state index in [1.807, 2.05) is 36.5 Å². The first-order valence-corrected chi connectivity index (χ1v) is 24.6. The fourth-order valence-corrected chi connectivity index (χ4v) is 6.58. The van der Waals surface area contributed by atoms with E-state index >= 15 is 0 Å². The van der Waals surface area contributed by atoms with Crippen LogP contribution in [0.3, 0.4) is 0 Å². The van der Waals surface area contributed by atoms with Crippen LogP contribution in [0.1, 0.15) is 220 Å². The Bertz CT molecular complexity index is 1190. The molecule has 0 aliphatic carbocycles. The molecule has 0 fully saturated rings. The smallest absolute Gasteiger partial charge is 0.306 e. The molecule has 0 aromatic heterocycles. The number of hydrogen-bond acceptors (Lipinski definition) is 6. The summed E-state index contributed by atoms with van der Waals surface area (Å²) in [4.78, 5) is 37.9. The molecule has 0 N–H and O–H groups in total. The van der Waals surface area contributed by atoms with E-state index in [1.165, 1.54) is 83.5 Å². The van der Waals surface area contributed by atoms with Crippen molar-refractivity contribution in [1.82, 2.24) is 0 Å². The fourth-order valence-electron chi connectivity index (χ4n) is 6.58. The summed E-state index contributed by atoms with van der Waals surface area (Å²) in [6.45, 7) is 6.33.